The van der Waals surface area contributed by atoms with Crippen LogP contribution in [0.15, 0.2) is 47.4 Å². The van der Waals surface area contributed by atoms with E-state index in [1.54, 1.807) is 18.2 Å². The van der Waals surface area contributed by atoms with Crippen LogP contribution in [0, 0.1) is 11.6 Å². The Bertz CT molecular complexity index is 776. The van der Waals surface area contributed by atoms with Crippen molar-refractivity contribution in [1.29, 1.82) is 0 Å². The summed E-state index contributed by atoms with van der Waals surface area (Å²) in [6, 6.07) is 9.78. The second kappa shape index (κ2) is 5.11. The molecule has 0 saturated carbocycles. The van der Waals surface area contributed by atoms with Gasteiger partial charge >= 0.3 is 0 Å². The van der Waals surface area contributed by atoms with E-state index in [1.807, 2.05) is 0 Å². The smallest absolute Gasteiger partial charge is 0.263 e. The molecule has 1 heterocycles. The second-order valence-corrected chi connectivity index (χ2v) is 6.71. The van der Waals surface area contributed by atoms with Crippen molar-refractivity contribution < 1.29 is 17.2 Å². The number of sulfonamides is 1. The van der Waals surface area contributed by atoms with Crippen LogP contribution in [-0.4, -0.2) is 15.0 Å². The molecule has 110 valence electrons. The van der Waals surface area contributed by atoms with Gasteiger partial charge in [-0.2, -0.15) is 0 Å². The molecule has 0 fully saturated rings. The van der Waals surface area contributed by atoms with Gasteiger partial charge in [0, 0.05) is 12.1 Å². The molecule has 1 aliphatic heterocycles. The second-order valence-electron chi connectivity index (χ2n) is 4.85. The van der Waals surface area contributed by atoms with Crippen LogP contribution in [0.3, 0.4) is 0 Å². The Morgan fingerprint density at radius 2 is 1.62 bits per heavy atom. The third-order valence-corrected chi connectivity index (χ3v) is 5.36. The van der Waals surface area contributed by atoms with E-state index in [9.17, 15) is 17.2 Å². The van der Waals surface area contributed by atoms with E-state index in [4.69, 9.17) is 0 Å². The number of halogens is 2. The monoisotopic (exact) mass is 309 g/mol. The van der Waals surface area contributed by atoms with Gasteiger partial charge in [-0.1, -0.05) is 18.2 Å². The van der Waals surface area contributed by atoms with Crippen LogP contribution in [-0.2, 0) is 16.4 Å². The average molecular weight is 309 g/mol. The quantitative estimate of drug-likeness (QED) is 0.855. The summed E-state index contributed by atoms with van der Waals surface area (Å²) in [5.74, 6) is -1.29. The Morgan fingerprint density at radius 3 is 2.33 bits per heavy atom. The summed E-state index contributed by atoms with van der Waals surface area (Å²) in [5, 5.41) is 0. The highest BCUT2D eigenvalue weighted by Crippen LogP contribution is 2.35. The Kier molecular flexibility index (Phi) is 3.41. The molecule has 0 aliphatic carbocycles. The van der Waals surface area contributed by atoms with E-state index < -0.39 is 21.7 Å². The first-order valence-electron chi connectivity index (χ1n) is 6.56. The van der Waals surface area contributed by atoms with Gasteiger partial charge in [0.15, 0.2) is 0 Å². The number of hydrogen-bond donors (Lipinski definition) is 0. The molecular formula is C15H13F2NO2S. The topological polar surface area (TPSA) is 37.4 Å². The third kappa shape index (κ3) is 2.29. The molecular weight excluding hydrogens is 296 g/mol. The SMILES string of the molecule is O=S(=O)(c1ccccc1)N1CCCc2c(F)ccc(F)c21. The van der Waals surface area contributed by atoms with Gasteiger partial charge in [0.05, 0.1) is 10.6 Å². The summed E-state index contributed by atoms with van der Waals surface area (Å²) < 4.78 is 54.2. The first kappa shape index (κ1) is 14.0. The zero-order valence-corrected chi connectivity index (χ0v) is 11.9. The number of rotatable bonds is 2. The fraction of sp³-hybridized carbons (Fsp3) is 0.200. The summed E-state index contributed by atoms with van der Waals surface area (Å²) in [5.41, 5.74) is -0.0362. The number of nitrogens with zero attached hydrogens (tertiary/aromatic N) is 1. The Labute approximate surface area is 121 Å². The molecule has 2 aromatic carbocycles. The van der Waals surface area contributed by atoms with Gasteiger partial charge in [-0.05, 0) is 37.1 Å². The number of hydrogen-bond acceptors (Lipinski definition) is 2. The molecule has 0 N–H and O–H groups in total. The van der Waals surface area contributed by atoms with Crippen LogP contribution < -0.4 is 4.31 Å². The lowest BCUT2D eigenvalue weighted by molar-refractivity contribution is 0.558. The Balaban J connectivity index is 2.17. The van der Waals surface area contributed by atoms with Crippen molar-refractivity contribution in [2.75, 3.05) is 10.8 Å². The molecule has 3 rings (SSSR count). The average Bonchev–Trinajstić information content (AvgIpc) is 2.51. The van der Waals surface area contributed by atoms with Crippen LogP contribution in [0.4, 0.5) is 14.5 Å². The molecule has 21 heavy (non-hydrogen) atoms. The summed E-state index contributed by atoms with van der Waals surface area (Å²) >= 11 is 0. The maximum atomic E-state index is 14.1. The van der Waals surface area contributed by atoms with Crippen molar-refractivity contribution in [3.63, 3.8) is 0 Å². The van der Waals surface area contributed by atoms with Crippen molar-refractivity contribution >= 4 is 15.7 Å². The van der Waals surface area contributed by atoms with E-state index in [1.165, 1.54) is 12.1 Å². The summed E-state index contributed by atoms with van der Waals surface area (Å²) in [4.78, 5) is 0.0708. The minimum Gasteiger partial charge on any atom is -0.263 e. The van der Waals surface area contributed by atoms with Crippen LogP contribution in [0.25, 0.3) is 0 Å². The minimum atomic E-state index is -3.89. The zero-order chi connectivity index (χ0) is 15.0. The highest BCUT2D eigenvalue weighted by atomic mass is 32.2. The molecule has 3 nitrogen and oxygen atoms in total. The normalized spacial score (nSPS) is 14.9. The summed E-state index contributed by atoms with van der Waals surface area (Å²) in [7, 11) is -3.89. The Hall–Kier alpha value is -1.95. The first-order valence-corrected chi connectivity index (χ1v) is 8.00. The lowest BCUT2D eigenvalue weighted by atomic mass is 10.0. The maximum Gasteiger partial charge on any atom is 0.264 e. The molecule has 0 radical (unpaired) electrons. The van der Waals surface area contributed by atoms with Crippen molar-refractivity contribution in [3.05, 3.63) is 59.7 Å². The first-order chi connectivity index (χ1) is 10.0. The van der Waals surface area contributed by atoms with Crippen molar-refractivity contribution in [3.8, 4) is 0 Å². The Morgan fingerprint density at radius 1 is 0.952 bits per heavy atom. The summed E-state index contributed by atoms with van der Waals surface area (Å²) in [6.07, 6.45) is 0.791. The largest absolute Gasteiger partial charge is 0.264 e. The van der Waals surface area contributed by atoms with Gasteiger partial charge < -0.3 is 0 Å². The molecule has 6 heteroatoms. The van der Waals surface area contributed by atoms with E-state index in [0.717, 1.165) is 16.4 Å². The van der Waals surface area contributed by atoms with Gasteiger partial charge in [0.2, 0.25) is 0 Å². The lowest BCUT2D eigenvalue weighted by Gasteiger charge is -2.30. The van der Waals surface area contributed by atoms with Crippen molar-refractivity contribution in [2.45, 2.75) is 17.7 Å². The molecule has 0 aromatic heterocycles. The minimum absolute atomic E-state index is 0.0708. The van der Waals surface area contributed by atoms with Crippen molar-refractivity contribution in [1.82, 2.24) is 0 Å². The van der Waals surface area contributed by atoms with Gasteiger partial charge in [-0.3, -0.25) is 4.31 Å². The molecule has 1 aliphatic rings. The molecule has 0 saturated heterocycles. The molecule has 0 atom stereocenters. The van der Waals surface area contributed by atoms with Crippen LogP contribution in [0.2, 0.25) is 0 Å². The van der Waals surface area contributed by atoms with Crippen molar-refractivity contribution in [2.24, 2.45) is 0 Å². The zero-order valence-electron chi connectivity index (χ0n) is 11.1. The fourth-order valence-electron chi connectivity index (χ4n) is 2.56. The van der Waals surface area contributed by atoms with Crippen LogP contribution in [0.1, 0.15) is 12.0 Å². The highest BCUT2D eigenvalue weighted by Gasteiger charge is 2.32. The van der Waals surface area contributed by atoms with Gasteiger partial charge in [-0.15, -0.1) is 0 Å². The maximum absolute atomic E-state index is 14.1. The predicted octanol–water partition coefficient (Wildman–Crippen LogP) is 3.11. The lowest BCUT2D eigenvalue weighted by Crippen LogP contribution is -2.36. The predicted molar refractivity (Wildman–Crippen MR) is 75.7 cm³/mol. The van der Waals surface area contributed by atoms with E-state index in [0.29, 0.717) is 12.8 Å². The highest BCUT2D eigenvalue weighted by molar-refractivity contribution is 7.92. The number of fused-ring (bicyclic) bond motifs is 1. The van der Waals surface area contributed by atoms with E-state index in [-0.39, 0.29) is 22.7 Å². The van der Waals surface area contributed by atoms with Gasteiger partial charge in [0.25, 0.3) is 10.0 Å². The third-order valence-electron chi connectivity index (χ3n) is 3.54. The van der Waals surface area contributed by atoms with E-state index >= 15 is 0 Å². The number of anilines is 1. The fourth-order valence-corrected chi connectivity index (χ4v) is 4.12. The molecule has 2 aromatic rings. The molecule has 0 unspecified atom stereocenters. The van der Waals surface area contributed by atoms with Gasteiger partial charge in [-0.25, -0.2) is 17.2 Å². The van der Waals surface area contributed by atoms with E-state index in [2.05, 4.69) is 0 Å². The number of benzene rings is 2. The summed E-state index contributed by atoms with van der Waals surface area (Å²) in [6.45, 7) is 0.143. The molecule has 0 bridgehead atoms. The standard InChI is InChI=1S/C15H13F2NO2S/c16-13-8-9-14(17)15-12(13)7-4-10-18(15)21(19,20)11-5-2-1-3-6-11/h1-3,5-6,8-9H,4,7,10H2. The van der Waals surface area contributed by atoms with Gasteiger partial charge in [0.1, 0.15) is 11.6 Å². The van der Waals surface area contributed by atoms with Crippen LogP contribution >= 0.6 is 0 Å². The molecule has 0 amide bonds. The van der Waals surface area contributed by atoms with Crippen LogP contribution in [0.5, 0.6) is 0 Å². The molecule has 0 spiro atoms.